The van der Waals surface area contributed by atoms with Crippen LogP contribution in [0.3, 0.4) is 0 Å². The van der Waals surface area contributed by atoms with Gasteiger partial charge < -0.3 is 14.8 Å². The Labute approximate surface area is 173 Å². The number of nitrogens with zero attached hydrogens (tertiary/aromatic N) is 1. The zero-order chi connectivity index (χ0) is 20.6. The molecule has 1 heterocycles. The maximum absolute atomic E-state index is 12.0. The monoisotopic (exact) mass is 410 g/mol. The Balaban J connectivity index is 1.43. The second kappa shape index (κ2) is 9.93. The lowest BCUT2D eigenvalue weighted by Crippen LogP contribution is -2.28. The van der Waals surface area contributed by atoms with E-state index in [2.05, 4.69) is 10.3 Å². The number of carbonyl (C=O) groups is 2. The van der Waals surface area contributed by atoms with Crippen molar-refractivity contribution in [3.8, 4) is 5.75 Å². The molecule has 3 aromatic rings. The molecule has 0 unspecified atom stereocenters. The SMILES string of the molecule is COc1cccc(CNC(=O)COC(=O)CSc2cc(C)c3ccccc3n2)c1. The van der Waals surface area contributed by atoms with Gasteiger partial charge in [0.2, 0.25) is 0 Å². The minimum Gasteiger partial charge on any atom is -0.497 e. The number of amides is 1. The van der Waals surface area contributed by atoms with Crippen molar-refractivity contribution < 1.29 is 19.1 Å². The third-order valence-corrected chi connectivity index (χ3v) is 5.11. The Morgan fingerprint density at radius 3 is 2.76 bits per heavy atom. The largest absolute Gasteiger partial charge is 0.497 e. The highest BCUT2D eigenvalue weighted by atomic mass is 32.2. The van der Waals surface area contributed by atoms with Gasteiger partial charge in [0.1, 0.15) is 5.75 Å². The van der Waals surface area contributed by atoms with Crippen LogP contribution in [0.4, 0.5) is 0 Å². The molecule has 6 nitrogen and oxygen atoms in total. The Hall–Kier alpha value is -3.06. The number of rotatable bonds is 8. The highest BCUT2D eigenvalue weighted by molar-refractivity contribution is 7.99. The Morgan fingerprint density at radius 1 is 1.10 bits per heavy atom. The van der Waals surface area contributed by atoms with Gasteiger partial charge in [0, 0.05) is 11.9 Å². The van der Waals surface area contributed by atoms with E-state index in [0.717, 1.165) is 32.8 Å². The van der Waals surface area contributed by atoms with Crippen molar-refractivity contribution in [2.24, 2.45) is 0 Å². The van der Waals surface area contributed by atoms with Crippen LogP contribution >= 0.6 is 11.8 Å². The summed E-state index contributed by atoms with van der Waals surface area (Å²) in [7, 11) is 1.59. The highest BCUT2D eigenvalue weighted by Gasteiger charge is 2.10. The van der Waals surface area contributed by atoms with Gasteiger partial charge in [0.15, 0.2) is 6.61 Å². The van der Waals surface area contributed by atoms with Gasteiger partial charge in [0.25, 0.3) is 5.91 Å². The quantitative estimate of drug-likeness (QED) is 0.452. The Bertz CT molecular complexity index is 1020. The third kappa shape index (κ3) is 5.96. The number of carbonyl (C=O) groups excluding carboxylic acids is 2. The van der Waals surface area contributed by atoms with Crippen molar-refractivity contribution in [2.75, 3.05) is 19.5 Å². The number of pyridine rings is 1. The first-order chi connectivity index (χ1) is 14.0. The molecular weight excluding hydrogens is 388 g/mol. The van der Waals surface area contributed by atoms with Gasteiger partial charge in [-0.15, -0.1) is 0 Å². The molecule has 150 valence electrons. The smallest absolute Gasteiger partial charge is 0.316 e. The number of hydrogen-bond donors (Lipinski definition) is 1. The van der Waals surface area contributed by atoms with Gasteiger partial charge in [-0.25, -0.2) is 4.98 Å². The minimum atomic E-state index is -0.459. The lowest BCUT2D eigenvalue weighted by Gasteiger charge is -2.08. The van der Waals surface area contributed by atoms with Gasteiger partial charge in [-0.05, 0) is 42.3 Å². The van der Waals surface area contributed by atoms with Crippen LogP contribution in [0.1, 0.15) is 11.1 Å². The normalized spacial score (nSPS) is 10.6. The van der Waals surface area contributed by atoms with E-state index in [1.54, 1.807) is 7.11 Å². The Kier molecular flexibility index (Phi) is 7.08. The molecule has 0 radical (unpaired) electrons. The number of ether oxygens (including phenoxy) is 2. The molecule has 3 rings (SSSR count). The van der Waals surface area contributed by atoms with Gasteiger partial charge >= 0.3 is 5.97 Å². The number of fused-ring (bicyclic) bond motifs is 1. The van der Waals surface area contributed by atoms with Crippen molar-refractivity contribution >= 4 is 34.5 Å². The number of hydrogen-bond acceptors (Lipinski definition) is 6. The lowest BCUT2D eigenvalue weighted by atomic mass is 10.1. The molecule has 0 aliphatic rings. The van der Waals surface area contributed by atoms with Crippen molar-refractivity contribution in [1.82, 2.24) is 10.3 Å². The fourth-order valence-corrected chi connectivity index (χ4v) is 3.52. The second-order valence-corrected chi connectivity index (χ2v) is 7.37. The van der Waals surface area contributed by atoms with Crippen LogP contribution in [0.15, 0.2) is 59.6 Å². The zero-order valence-corrected chi connectivity index (χ0v) is 17.1. The average molecular weight is 410 g/mol. The number of benzene rings is 2. The average Bonchev–Trinajstić information content (AvgIpc) is 2.75. The van der Waals surface area contributed by atoms with Crippen LogP contribution in [0, 0.1) is 6.92 Å². The fourth-order valence-electron chi connectivity index (χ4n) is 2.75. The fraction of sp³-hybridized carbons (Fsp3) is 0.227. The van der Waals surface area contributed by atoms with Crippen LogP contribution < -0.4 is 10.1 Å². The number of para-hydroxylation sites is 1. The molecule has 0 saturated carbocycles. The first kappa shape index (κ1) is 20.7. The third-order valence-electron chi connectivity index (χ3n) is 4.23. The molecule has 1 N–H and O–H groups in total. The molecule has 1 amide bonds. The molecule has 0 spiro atoms. The molecular formula is C22H22N2O4S. The van der Waals surface area contributed by atoms with Gasteiger partial charge in [-0.3, -0.25) is 9.59 Å². The maximum Gasteiger partial charge on any atom is 0.316 e. The molecule has 0 fully saturated rings. The van der Waals surface area contributed by atoms with E-state index in [-0.39, 0.29) is 18.3 Å². The van der Waals surface area contributed by atoms with E-state index >= 15 is 0 Å². The van der Waals surface area contributed by atoms with E-state index in [9.17, 15) is 9.59 Å². The van der Waals surface area contributed by atoms with Crippen LogP contribution in [-0.4, -0.2) is 36.3 Å². The molecule has 2 aromatic carbocycles. The van der Waals surface area contributed by atoms with Crippen molar-refractivity contribution in [1.29, 1.82) is 0 Å². The van der Waals surface area contributed by atoms with E-state index in [4.69, 9.17) is 9.47 Å². The number of methoxy groups -OCH3 is 1. The molecule has 0 aliphatic heterocycles. The topological polar surface area (TPSA) is 77.5 Å². The summed E-state index contributed by atoms with van der Waals surface area (Å²) < 4.78 is 10.2. The van der Waals surface area contributed by atoms with Crippen LogP contribution in [0.5, 0.6) is 5.75 Å². The first-order valence-corrected chi connectivity index (χ1v) is 10.1. The highest BCUT2D eigenvalue weighted by Crippen LogP contribution is 2.23. The predicted molar refractivity (Wildman–Crippen MR) is 113 cm³/mol. The summed E-state index contributed by atoms with van der Waals surface area (Å²) in [6.07, 6.45) is 0. The van der Waals surface area contributed by atoms with Crippen molar-refractivity contribution in [3.63, 3.8) is 0 Å². The van der Waals surface area contributed by atoms with E-state index in [0.29, 0.717) is 6.54 Å². The molecule has 0 aliphatic carbocycles. The number of thioether (sulfide) groups is 1. The standard InChI is InChI=1S/C22H22N2O4S/c1-15-10-21(24-19-9-4-3-8-18(15)19)29-14-22(26)28-13-20(25)23-12-16-6-5-7-17(11-16)27-2/h3-11H,12-14H2,1-2H3,(H,23,25). The van der Waals surface area contributed by atoms with E-state index < -0.39 is 5.97 Å². The number of nitrogens with one attached hydrogen (secondary N) is 1. The van der Waals surface area contributed by atoms with Crippen LogP contribution in [0.25, 0.3) is 10.9 Å². The van der Waals surface area contributed by atoms with Crippen molar-refractivity contribution in [3.05, 3.63) is 65.7 Å². The van der Waals surface area contributed by atoms with E-state index in [1.165, 1.54) is 11.8 Å². The first-order valence-electron chi connectivity index (χ1n) is 9.09. The second-order valence-electron chi connectivity index (χ2n) is 6.37. The van der Waals surface area contributed by atoms with Crippen molar-refractivity contribution in [2.45, 2.75) is 18.5 Å². The van der Waals surface area contributed by atoms with E-state index in [1.807, 2.05) is 61.5 Å². The minimum absolute atomic E-state index is 0.0912. The van der Waals surface area contributed by atoms with Gasteiger partial charge in [-0.2, -0.15) is 0 Å². The maximum atomic E-state index is 12.0. The van der Waals surface area contributed by atoms with Gasteiger partial charge in [0.05, 0.1) is 23.4 Å². The molecule has 0 bridgehead atoms. The number of esters is 1. The summed E-state index contributed by atoms with van der Waals surface area (Å²) in [6, 6.07) is 17.2. The lowest BCUT2D eigenvalue weighted by molar-refractivity contribution is -0.145. The molecule has 7 heteroatoms. The molecule has 1 aromatic heterocycles. The summed E-state index contributed by atoms with van der Waals surface area (Å²) >= 11 is 1.29. The predicted octanol–water partition coefficient (Wildman–Crippen LogP) is 3.50. The van der Waals surface area contributed by atoms with Crippen LogP contribution in [0.2, 0.25) is 0 Å². The molecule has 0 atom stereocenters. The number of aromatic nitrogens is 1. The summed E-state index contributed by atoms with van der Waals surface area (Å²) in [5.41, 5.74) is 2.89. The summed E-state index contributed by atoms with van der Waals surface area (Å²) in [5.74, 6) is -0.00348. The molecule has 29 heavy (non-hydrogen) atoms. The van der Waals surface area contributed by atoms with Crippen LogP contribution in [-0.2, 0) is 20.9 Å². The number of aryl methyl sites for hydroxylation is 1. The molecule has 0 saturated heterocycles. The summed E-state index contributed by atoms with van der Waals surface area (Å²) in [6.45, 7) is 2.04. The zero-order valence-electron chi connectivity index (χ0n) is 16.3. The van der Waals surface area contributed by atoms with Gasteiger partial charge in [-0.1, -0.05) is 42.1 Å². The summed E-state index contributed by atoms with van der Waals surface area (Å²) in [5, 5.41) is 4.56. The Morgan fingerprint density at radius 2 is 1.93 bits per heavy atom. The summed E-state index contributed by atoms with van der Waals surface area (Å²) in [4.78, 5) is 28.4.